The Kier molecular flexibility index (Phi) is 3.89. The van der Waals surface area contributed by atoms with Gasteiger partial charge in [-0.2, -0.15) is 0 Å². The van der Waals surface area contributed by atoms with Crippen LogP contribution in [0.1, 0.15) is 22.7 Å². The predicted molar refractivity (Wildman–Crippen MR) is 86.4 cm³/mol. The van der Waals surface area contributed by atoms with Crippen LogP contribution in [0.3, 0.4) is 0 Å². The van der Waals surface area contributed by atoms with E-state index in [1.165, 1.54) is 14.5 Å². The van der Waals surface area contributed by atoms with Crippen LogP contribution in [0.15, 0.2) is 41.8 Å². The average molecular weight is 308 g/mol. The molecule has 1 atom stereocenters. The molecule has 0 fully saturated rings. The van der Waals surface area contributed by atoms with Gasteiger partial charge in [-0.05, 0) is 24.4 Å². The summed E-state index contributed by atoms with van der Waals surface area (Å²) in [6, 6.07) is 12.9. The molecule has 1 aromatic carbocycles. The minimum absolute atomic E-state index is 0.362. The first-order valence-electron chi connectivity index (χ1n) is 6.18. The lowest BCUT2D eigenvalue weighted by molar-refractivity contribution is 0.587. The molecule has 0 unspecified atom stereocenters. The number of rotatable bonds is 4. The lowest BCUT2D eigenvalue weighted by Crippen LogP contribution is -2.16. The Morgan fingerprint density at radius 3 is 2.79 bits per heavy atom. The molecule has 0 saturated heterocycles. The molecule has 0 radical (unpaired) electrons. The molecule has 1 N–H and O–H groups in total. The zero-order chi connectivity index (χ0) is 13.2. The van der Waals surface area contributed by atoms with Crippen LogP contribution in [0.5, 0.6) is 0 Å². The van der Waals surface area contributed by atoms with Crippen LogP contribution < -0.4 is 5.32 Å². The van der Waals surface area contributed by atoms with Gasteiger partial charge in [0, 0.05) is 32.4 Å². The Balaban J connectivity index is 1.77. The molecule has 1 nitrogen and oxygen atoms in total. The maximum Gasteiger partial charge on any atom is 0.0636 e. The van der Waals surface area contributed by atoms with E-state index in [1.807, 2.05) is 6.07 Å². The van der Waals surface area contributed by atoms with Crippen LogP contribution in [0.25, 0.3) is 10.1 Å². The van der Waals surface area contributed by atoms with E-state index in [9.17, 15) is 0 Å². The number of fused-ring (bicyclic) bond motifs is 1. The molecule has 3 rings (SSSR count). The van der Waals surface area contributed by atoms with Crippen molar-refractivity contribution in [3.8, 4) is 0 Å². The number of hydrogen-bond donors (Lipinski definition) is 1. The van der Waals surface area contributed by atoms with Crippen molar-refractivity contribution in [2.75, 3.05) is 0 Å². The van der Waals surface area contributed by atoms with E-state index in [1.54, 1.807) is 22.7 Å². The van der Waals surface area contributed by atoms with Crippen molar-refractivity contribution in [2.24, 2.45) is 0 Å². The maximum atomic E-state index is 6.44. The number of nitrogens with one attached hydrogen (secondary N) is 1. The highest BCUT2D eigenvalue weighted by atomic mass is 35.5. The second kappa shape index (κ2) is 5.63. The van der Waals surface area contributed by atoms with E-state index in [2.05, 4.69) is 48.0 Å². The smallest absolute Gasteiger partial charge is 0.0636 e. The summed E-state index contributed by atoms with van der Waals surface area (Å²) in [6.07, 6.45) is 0. The molecule has 19 heavy (non-hydrogen) atoms. The highest BCUT2D eigenvalue weighted by Gasteiger charge is 2.11. The number of thiophene rings is 2. The fourth-order valence-corrected chi connectivity index (χ4v) is 4.27. The van der Waals surface area contributed by atoms with Crippen molar-refractivity contribution in [1.82, 2.24) is 5.32 Å². The van der Waals surface area contributed by atoms with Crippen LogP contribution in [0, 0.1) is 0 Å². The molecule has 0 saturated carbocycles. The van der Waals surface area contributed by atoms with Gasteiger partial charge in [-0.15, -0.1) is 22.7 Å². The van der Waals surface area contributed by atoms with E-state index in [-0.39, 0.29) is 0 Å². The standard InChI is InChI=1S/C15H14ClNS2/c1-10(12-7-4-8-18-12)17-9-14-15(16)11-5-2-3-6-13(11)19-14/h2-8,10,17H,9H2,1H3/t10-/m0/s1. The molecular formula is C15H14ClNS2. The normalized spacial score (nSPS) is 12.9. The predicted octanol–water partition coefficient (Wildman–Crippen LogP) is 5.47. The van der Waals surface area contributed by atoms with Crippen LogP contribution >= 0.6 is 34.3 Å². The van der Waals surface area contributed by atoms with Crippen molar-refractivity contribution in [2.45, 2.75) is 19.5 Å². The monoisotopic (exact) mass is 307 g/mol. The van der Waals surface area contributed by atoms with Crippen molar-refractivity contribution >= 4 is 44.4 Å². The van der Waals surface area contributed by atoms with Gasteiger partial charge in [0.1, 0.15) is 0 Å². The number of halogens is 1. The van der Waals surface area contributed by atoms with Gasteiger partial charge in [0.15, 0.2) is 0 Å². The van der Waals surface area contributed by atoms with Gasteiger partial charge in [-0.3, -0.25) is 0 Å². The topological polar surface area (TPSA) is 12.0 Å². The van der Waals surface area contributed by atoms with Crippen LogP contribution in [0.2, 0.25) is 5.02 Å². The average Bonchev–Trinajstić information content (AvgIpc) is 3.05. The molecule has 0 aliphatic heterocycles. The summed E-state index contributed by atoms with van der Waals surface area (Å²) in [5.41, 5.74) is 0. The minimum atomic E-state index is 0.362. The quantitative estimate of drug-likeness (QED) is 0.674. The highest BCUT2D eigenvalue weighted by Crippen LogP contribution is 2.35. The van der Waals surface area contributed by atoms with Gasteiger partial charge in [0.25, 0.3) is 0 Å². The van der Waals surface area contributed by atoms with Gasteiger partial charge < -0.3 is 5.32 Å². The van der Waals surface area contributed by atoms with Gasteiger partial charge in [0.05, 0.1) is 5.02 Å². The highest BCUT2D eigenvalue weighted by molar-refractivity contribution is 7.19. The molecule has 0 bridgehead atoms. The molecule has 0 aliphatic rings. The Labute approximate surface area is 125 Å². The molecule has 2 aromatic heterocycles. The van der Waals surface area contributed by atoms with Gasteiger partial charge in [0.2, 0.25) is 0 Å². The summed E-state index contributed by atoms with van der Waals surface area (Å²) in [6.45, 7) is 3.00. The number of benzene rings is 1. The maximum absolute atomic E-state index is 6.44. The Morgan fingerprint density at radius 2 is 2.05 bits per heavy atom. The van der Waals surface area contributed by atoms with Crippen molar-refractivity contribution in [3.63, 3.8) is 0 Å². The third-order valence-electron chi connectivity index (χ3n) is 3.14. The van der Waals surface area contributed by atoms with E-state index < -0.39 is 0 Å². The molecule has 98 valence electrons. The second-order valence-corrected chi connectivity index (χ2v) is 6.95. The van der Waals surface area contributed by atoms with Crippen molar-refractivity contribution in [1.29, 1.82) is 0 Å². The molecule has 0 amide bonds. The lowest BCUT2D eigenvalue weighted by atomic mass is 10.2. The molecule has 4 heteroatoms. The first-order valence-corrected chi connectivity index (χ1v) is 8.26. The van der Waals surface area contributed by atoms with E-state index in [0.29, 0.717) is 6.04 Å². The van der Waals surface area contributed by atoms with Gasteiger partial charge >= 0.3 is 0 Å². The summed E-state index contributed by atoms with van der Waals surface area (Å²) >= 11 is 9.99. The second-order valence-electron chi connectivity index (χ2n) is 4.45. The van der Waals surface area contributed by atoms with Crippen LogP contribution in [-0.4, -0.2) is 0 Å². The van der Waals surface area contributed by atoms with E-state index >= 15 is 0 Å². The third-order valence-corrected chi connectivity index (χ3v) is 5.91. The fraction of sp³-hybridized carbons (Fsp3) is 0.200. The molecule has 0 spiro atoms. The van der Waals surface area contributed by atoms with E-state index in [0.717, 1.165) is 17.0 Å². The SMILES string of the molecule is C[C@H](NCc1sc2ccccc2c1Cl)c1cccs1. The summed E-state index contributed by atoms with van der Waals surface area (Å²) in [5, 5.41) is 7.71. The minimum Gasteiger partial charge on any atom is -0.304 e. The summed E-state index contributed by atoms with van der Waals surface area (Å²) < 4.78 is 1.26. The molecule has 0 aliphatic carbocycles. The lowest BCUT2D eigenvalue weighted by Gasteiger charge is -2.11. The van der Waals surface area contributed by atoms with Crippen LogP contribution in [0.4, 0.5) is 0 Å². The summed E-state index contributed by atoms with van der Waals surface area (Å²) in [5.74, 6) is 0. The molecule has 2 heterocycles. The Hall–Kier alpha value is -0.870. The fourth-order valence-electron chi connectivity index (χ4n) is 2.06. The van der Waals surface area contributed by atoms with Crippen LogP contribution in [-0.2, 0) is 6.54 Å². The number of hydrogen-bond acceptors (Lipinski definition) is 3. The zero-order valence-electron chi connectivity index (χ0n) is 10.5. The largest absolute Gasteiger partial charge is 0.304 e. The first-order chi connectivity index (χ1) is 9.25. The Morgan fingerprint density at radius 1 is 1.21 bits per heavy atom. The third kappa shape index (κ3) is 2.70. The molecular weight excluding hydrogens is 294 g/mol. The Bertz CT molecular complexity index is 673. The summed E-state index contributed by atoms with van der Waals surface area (Å²) in [4.78, 5) is 2.57. The van der Waals surface area contributed by atoms with Crippen molar-refractivity contribution < 1.29 is 0 Å². The van der Waals surface area contributed by atoms with Crippen molar-refractivity contribution in [3.05, 3.63) is 56.6 Å². The van der Waals surface area contributed by atoms with Gasteiger partial charge in [-0.25, -0.2) is 0 Å². The summed E-state index contributed by atoms with van der Waals surface area (Å²) in [7, 11) is 0. The molecule has 3 aromatic rings. The zero-order valence-corrected chi connectivity index (χ0v) is 12.9. The van der Waals surface area contributed by atoms with Gasteiger partial charge in [-0.1, -0.05) is 35.9 Å². The first kappa shape index (κ1) is 13.1. The van der Waals surface area contributed by atoms with E-state index in [4.69, 9.17) is 11.6 Å².